The fourth-order valence-corrected chi connectivity index (χ4v) is 4.38. The second kappa shape index (κ2) is 11.1. The molecule has 0 saturated heterocycles. The molecule has 0 aliphatic rings. The predicted octanol–water partition coefficient (Wildman–Crippen LogP) is 5.67. The molecular formula is C26H31F2N5O2Si. The fourth-order valence-electron chi connectivity index (χ4n) is 3.63. The van der Waals surface area contributed by atoms with Crippen LogP contribution in [0, 0.1) is 18.6 Å². The lowest BCUT2D eigenvalue weighted by atomic mass is 10.1. The van der Waals surface area contributed by atoms with Crippen molar-refractivity contribution in [1.82, 2.24) is 24.8 Å². The Hall–Kier alpha value is -3.37. The molecule has 190 valence electrons. The highest BCUT2D eigenvalue weighted by Gasteiger charge is 2.19. The first kappa shape index (κ1) is 25.7. The number of nitrogens with zero attached hydrogens (tertiary/aromatic N) is 5. The molecule has 0 atom stereocenters. The van der Waals surface area contributed by atoms with Gasteiger partial charge in [0.1, 0.15) is 19.0 Å². The van der Waals surface area contributed by atoms with Crippen molar-refractivity contribution in [2.75, 3.05) is 6.61 Å². The summed E-state index contributed by atoms with van der Waals surface area (Å²) in [4.78, 5) is 0. The maximum absolute atomic E-state index is 15.0. The van der Waals surface area contributed by atoms with Gasteiger partial charge in [0, 0.05) is 32.0 Å². The minimum Gasteiger partial charge on any atom is -0.486 e. The van der Waals surface area contributed by atoms with Gasteiger partial charge in [-0.05, 0) is 30.7 Å². The Morgan fingerprint density at radius 2 is 1.69 bits per heavy atom. The second-order valence-corrected chi connectivity index (χ2v) is 15.6. The molecule has 0 unspecified atom stereocenters. The quantitative estimate of drug-likeness (QED) is 0.192. The number of hydrogen-bond acceptors (Lipinski definition) is 5. The molecule has 0 bridgehead atoms. The molecule has 0 amide bonds. The molecule has 0 N–H and O–H groups in total. The maximum Gasteiger partial charge on any atom is 0.201 e. The van der Waals surface area contributed by atoms with E-state index in [1.807, 2.05) is 30.3 Å². The van der Waals surface area contributed by atoms with E-state index in [0.717, 1.165) is 11.6 Å². The van der Waals surface area contributed by atoms with E-state index in [2.05, 4.69) is 35.1 Å². The van der Waals surface area contributed by atoms with Crippen LogP contribution in [-0.2, 0) is 24.6 Å². The summed E-state index contributed by atoms with van der Waals surface area (Å²) in [7, 11) is -1.14. The molecule has 7 nitrogen and oxygen atoms in total. The highest BCUT2D eigenvalue weighted by molar-refractivity contribution is 6.76. The van der Waals surface area contributed by atoms with Crippen LogP contribution in [0.15, 0.2) is 54.9 Å². The number of aryl methyl sites for hydroxylation is 1. The second-order valence-electron chi connectivity index (χ2n) is 9.94. The number of ether oxygens (including phenoxy) is 2. The average molecular weight is 512 g/mol. The molecule has 10 heteroatoms. The van der Waals surface area contributed by atoms with Gasteiger partial charge in [-0.25, -0.2) is 9.07 Å². The van der Waals surface area contributed by atoms with Gasteiger partial charge in [-0.3, -0.25) is 4.68 Å². The molecule has 4 rings (SSSR count). The van der Waals surface area contributed by atoms with Gasteiger partial charge in [0.25, 0.3) is 0 Å². The van der Waals surface area contributed by atoms with E-state index in [1.54, 1.807) is 28.7 Å². The lowest BCUT2D eigenvalue weighted by Crippen LogP contribution is -2.22. The number of halogens is 2. The third kappa shape index (κ3) is 6.64. The van der Waals surface area contributed by atoms with Crippen molar-refractivity contribution >= 4 is 8.07 Å². The van der Waals surface area contributed by atoms with Crippen molar-refractivity contribution < 1.29 is 18.3 Å². The summed E-state index contributed by atoms with van der Waals surface area (Å²) in [6.07, 6.45) is 3.48. The first-order valence-electron chi connectivity index (χ1n) is 11.9. The van der Waals surface area contributed by atoms with Crippen LogP contribution in [-0.4, -0.2) is 39.5 Å². The van der Waals surface area contributed by atoms with E-state index in [-0.39, 0.29) is 17.9 Å². The van der Waals surface area contributed by atoms with Crippen LogP contribution in [0.3, 0.4) is 0 Å². The van der Waals surface area contributed by atoms with Crippen LogP contribution in [0.4, 0.5) is 8.78 Å². The Morgan fingerprint density at radius 1 is 0.917 bits per heavy atom. The summed E-state index contributed by atoms with van der Waals surface area (Å²) in [6, 6.07) is 13.4. The largest absolute Gasteiger partial charge is 0.486 e. The van der Waals surface area contributed by atoms with E-state index in [1.165, 1.54) is 12.1 Å². The molecule has 0 aliphatic heterocycles. The minimum atomic E-state index is -1.14. The number of hydrogen-bond donors (Lipinski definition) is 0. The molecule has 36 heavy (non-hydrogen) atoms. The Bertz CT molecular complexity index is 1300. The molecular weight excluding hydrogens is 480 g/mol. The summed E-state index contributed by atoms with van der Waals surface area (Å²) in [5.74, 6) is -2.12. The van der Waals surface area contributed by atoms with Crippen LogP contribution < -0.4 is 4.74 Å². The zero-order valence-electron chi connectivity index (χ0n) is 21.0. The van der Waals surface area contributed by atoms with Gasteiger partial charge in [0.15, 0.2) is 11.6 Å². The van der Waals surface area contributed by atoms with Gasteiger partial charge in [-0.15, -0.1) is 5.10 Å². The van der Waals surface area contributed by atoms with Gasteiger partial charge in [0.05, 0.1) is 18.4 Å². The normalized spacial score (nSPS) is 11.7. The SMILES string of the molecule is Cc1nn(Cc2cn(COCC[Si](C)(C)C)nn2)cc1-c1ccc(OCc2ccccc2)c(F)c1F. The van der Waals surface area contributed by atoms with E-state index in [4.69, 9.17) is 9.47 Å². The Morgan fingerprint density at radius 3 is 2.44 bits per heavy atom. The highest BCUT2D eigenvalue weighted by Crippen LogP contribution is 2.32. The van der Waals surface area contributed by atoms with Crippen molar-refractivity contribution in [2.45, 2.75) is 52.5 Å². The highest BCUT2D eigenvalue weighted by atomic mass is 28.3. The first-order chi connectivity index (χ1) is 17.2. The van der Waals surface area contributed by atoms with Crippen LogP contribution >= 0.6 is 0 Å². The first-order valence-corrected chi connectivity index (χ1v) is 15.6. The summed E-state index contributed by atoms with van der Waals surface area (Å²) in [5, 5.41) is 12.7. The number of benzene rings is 2. The van der Waals surface area contributed by atoms with Gasteiger partial charge < -0.3 is 9.47 Å². The number of aromatic nitrogens is 5. The van der Waals surface area contributed by atoms with Crippen LogP contribution in [0.1, 0.15) is 17.0 Å². The summed E-state index contributed by atoms with van der Waals surface area (Å²) >= 11 is 0. The predicted molar refractivity (Wildman–Crippen MR) is 136 cm³/mol. The average Bonchev–Trinajstić information content (AvgIpc) is 3.44. The molecule has 2 aromatic heterocycles. The van der Waals surface area contributed by atoms with E-state index in [0.29, 0.717) is 36.8 Å². The molecule has 0 fully saturated rings. The topological polar surface area (TPSA) is 67.0 Å². The van der Waals surface area contributed by atoms with Gasteiger partial charge in [-0.2, -0.15) is 9.49 Å². The molecule has 0 radical (unpaired) electrons. The van der Waals surface area contributed by atoms with Crippen molar-refractivity contribution in [3.8, 4) is 16.9 Å². The van der Waals surface area contributed by atoms with E-state index in [9.17, 15) is 8.78 Å². The summed E-state index contributed by atoms with van der Waals surface area (Å²) in [5.41, 5.74) is 2.77. The zero-order valence-corrected chi connectivity index (χ0v) is 22.0. The third-order valence-electron chi connectivity index (χ3n) is 5.65. The molecule has 2 heterocycles. The van der Waals surface area contributed by atoms with E-state index >= 15 is 0 Å². The van der Waals surface area contributed by atoms with Crippen LogP contribution in [0.25, 0.3) is 11.1 Å². The molecule has 4 aromatic rings. The molecule has 0 spiro atoms. The van der Waals surface area contributed by atoms with Crippen molar-refractivity contribution in [1.29, 1.82) is 0 Å². The Balaban J connectivity index is 1.40. The zero-order chi connectivity index (χ0) is 25.7. The molecule has 0 saturated carbocycles. The smallest absolute Gasteiger partial charge is 0.201 e. The fraction of sp³-hybridized carbons (Fsp3) is 0.346. The number of rotatable bonds is 11. The molecule has 2 aromatic carbocycles. The van der Waals surface area contributed by atoms with Crippen LogP contribution in [0.2, 0.25) is 25.7 Å². The van der Waals surface area contributed by atoms with Gasteiger partial charge in [-0.1, -0.05) is 55.2 Å². The standard InChI is InChI=1S/C26H31F2N5O2Si/c1-19-23(22-10-11-24(26(28)25(22)27)35-17-20-8-6-5-7-9-20)16-32(30-19)14-21-15-33(31-29-21)18-34-12-13-36(2,3)4/h5-11,15-16H,12-14,17-18H2,1-4H3. The summed E-state index contributed by atoms with van der Waals surface area (Å²) < 4.78 is 44.2. The van der Waals surface area contributed by atoms with Crippen LogP contribution in [0.5, 0.6) is 5.75 Å². The minimum absolute atomic E-state index is 0.128. The van der Waals surface area contributed by atoms with Crippen molar-refractivity contribution in [3.63, 3.8) is 0 Å². The Kier molecular flexibility index (Phi) is 7.95. The molecule has 0 aliphatic carbocycles. The Labute approximate surface area is 210 Å². The monoisotopic (exact) mass is 511 g/mol. The van der Waals surface area contributed by atoms with Gasteiger partial charge >= 0.3 is 0 Å². The van der Waals surface area contributed by atoms with Crippen molar-refractivity contribution in [3.05, 3.63) is 83.4 Å². The lowest BCUT2D eigenvalue weighted by molar-refractivity contribution is 0.0772. The van der Waals surface area contributed by atoms with Gasteiger partial charge in [0.2, 0.25) is 5.82 Å². The summed E-state index contributed by atoms with van der Waals surface area (Å²) in [6.45, 7) is 10.2. The van der Waals surface area contributed by atoms with E-state index < -0.39 is 19.7 Å². The maximum atomic E-state index is 15.0. The lowest BCUT2D eigenvalue weighted by Gasteiger charge is -2.15. The third-order valence-corrected chi connectivity index (χ3v) is 7.35. The van der Waals surface area contributed by atoms with Crippen molar-refractivity contribution in [2.24, 2.45) is 0 Å².